The fourth-order valence-corrected chi connectivity index (χ4v) is 2.72. The number of carbonyl (C=O) groups excluding carboxylic acids is 1. The largest absolute Gasteiger partial charge is 0.487 e. The van der Waals surface area contributed by atoms with Crippen molar-refractivity contribution in [2.45, 2.75) is 27.4 Å². The molecule has 0 saturated carbocycles. The van der Waals surface area contributed by atoms with Crippen LogP contribution in [0.1, 0.15) is 25.6 Å². The topological polar surface area (TPSA) is 74.4 Å². The highest BCUT2D eigenvalue weighted by atomic mass is 32.1. The van der Waals surface area contributed by atoms with Crippen LogP contribution in [0.2, 0.25) is 0 Å². The van der Waals surface area contributed by atoms with Crippen molar-refractivity contribution in [2.75, 3.05) is 5.73 Å². The van der Waals surface area contributed by atoms with Crippen LogP contribution < -0.4 is 15.2 Å². The highest BCUT2D eigenvalue weighted by molar-refractivity contribution is 7.15. The first-order chi connectivity index (χ1) is 9.84. The number of esters is 1. The van der Waals surface area contributed by atoms with Gasteiger partial charge in [0.2, 0.25) is 0 Å². The van der Waals surface area contributed by atoms with Crippen LogP contribution in [-0.4, -0.2) is 11.0 Å². The van der Waals surface area contributed by atoms with Crippen LogP contribution in [0.25, 0.3) is 11.3 Å². The Morgan fingerprint density at radius 2 is 2.19 bits per heavy atom. The summed E-state index contributed by atoms with van der Waals surface area (Å²) in [5, 5.41) is 0.527. The molecule has 21 heavy (non-hydrogen) atoms. The summed E-state index contributed by atoms with van der Waals surface area (Å²) in [6, 6.07) is 5.31. The van der Waals surface area contributed by atoms with Gasteiger partial charge in [-0.15, -0.1) is 0 Å². The number of nitrogens with two attached hydrogens (primary N) is 1. The van der Waals surface area contributed by atoms with Crippen molar-refractivity contribution in [3.8, 4) is 22.8 Å². The maximum Gasteiger partial charge on any atom is 0.316 e. The van der Waals surface area contributed by atoms with E-state index in [2.05, 4.69) is 4.98 Å². The molecule has 1 aromatic heterocycles. The molecule has 1 aromatic carbocycles. The van der Waals surface area contributed by atoms with Crippen molar-refractivity contribution in [3.63, 3.8) is 0 Å². The molecule has 0 saturated heterocycles. The Morgan fingerprint density at radius 3 is 2.90 bits per heavy atom. The van der Waals surface area contributed by atoms with Crippen LogP contribution in [0.15, 0.2) is 18.2 Å². The Bertz CT molecular complexity index is 716. The van der Waals surface area contributed by atoms with E-state index in [1.54, 1.807) is 12.1 Å². The summed E-state index contributed by atoms with van der Waals surface area (Å²) >= 11 is 1.43. The molecule has 1 aliphatic heterocycles. The van der Waals surface area contributed by atoms with Crippen molar-refractivity contribution in [3.05, 3.63) is 23.1 Å². The Kier molecular flexibility index (Phi) is 3.13. The minimum Gasteiger partial charge on any atom is -0.487 e. The summed E-state index contributed by atoms with van der Waals surface area (Å²) in [6.07, 6.45) is 0. The molecule has 0 amide bonds. The first kappa shape index (κ1) is 13.9. The molecular formula is C15H16N2O3S. The molecule has 0 bridgehead atoms. The first-order valence-electron chi connectivity index (χ1n) is 6.59. The highest BCUT2D eigenvalue weighted by Gasteiger charge is 2.26. The number of nitrogen functional groups attached to an aromatic ring is 1. The van der Waals surface area contributed by atoms with Gasteiger partial charge >= 0.3 is 5.97 Å². The first-order valence-corrected chi connectivity index (χ1v) is 7.41. The SMILES string of the molecule is CC(C)(C)C(=O)Oc1ccc2c(c1)OCc1sc(N)nc1-2. The Labute approximate surface area is 126 Å². The lowest BCUT2D eigenvalue weighted by atomic mass is 9.97. The molecule has 0 aliphatic carbocycles. The van der Waals surface area contributed by atoms with Crippen molar-refractivity contribution >= 4 is 22.4 Å². The molecular weight excluding hydrogens is 288 g/mol. The number of benzene rings is 1. The number of ether oxygens (including phenoxy) is 2. The van der Waals surface area contributed by atoms with E-state index >= 15 is 0 Å². The van der Waals surface area contributed by atoms with Crippen LogP contribution in [0.5, 0.6) is 11.5 Å². The van der Waals surface area contributed by atoms with Gasteiger partial charge in [-0.2, -0.15) is 0 Å². The van der Waals surface area contributed by atoms with Crippen LogP contribution in [0.3, 0.4) is 0 Å². The normalized spacial score (nSPS) is 13.1. The van der Waals surface area contributed by atoms with Gasteiger partial charge in [0, 0.05) is 11.6 Å². The smallest absolute Gasteiger partial charge is 0.316 e. The summed E-state index contributed by atoms with van der Waals surface area (Å²) in [4.78, 5) is 17.3. The quantitative estimate of drug-likeness (QED) is 0.646. The van der Waals surface area contributed by atoms with Gasteiger partial charge in [0.05, 0.1) is 16.0 Å². The van der Waals surface area contributed by atoms with Crippen molar-refractivity contribution < 1.29 is 14.3 Å². The number of anilines is 1. The van der Waals surface area contributed by atoms with Gasteiger partial charge < -0.3 is 15.2 Å². The molecule has 0 radical (unpaired) electrons. The molecule has 3 rings (SSSR count). The third-order valence-corrected chi connectivity index (χ3v) is 3.96. The number of thiazole rings is 1. The second-order valence-corrected chi connectivity index (χ2v) is 7.03. The van der Waals surface area contributed by atoms with E-state index in [1.807, 2.05) is 26.8 Å². The van der Waals surface area contributed by atoms with E-state index in [-0.39, 0.29) is 5.97 Å². The maximum atomic E-state index is 11.9. The number of rotatable bonds is 1. The number of aromatic nitrogens is 1. The number of fused-ring (bicyclic) bond motifs is 3. The Balaban J connectivity index is 1.92. The molecule has 1 aliphatic rings. The average molecular weight is 304 g/mol. The van der Waals surface area contributed by atoms with Crippen molar-refractivity contribution in [1.82, 2.24) is 4.98 Å². The van der Waals surface area contributed by atoms with E-state index in [0.717, 1.165) is 16.1 Å². The Hall–Kier alpha value is -2.08. The minimum atomic E-state index is -0.548. The van der Waals surface area contributed by atoms with Gasteiger partial charge in [-0.05, 0) is 32.9 Å². The maximum absolute atomic E-state index is 11.9. The number of carbonyl (C=O) groups is 1. The second kappa shape index (κ2) is 4.73. The Morgan fingerprint density at radius 1 is 1.43 bits per heavy atom. The predicted molar refractivity (Wildman–Crippen MR) is 81.4 cm³/mol. The lowest BCUT2D eigenvalue weighted by Gasteiger charge is -2.19. The fraction of sp³-hybridized carbons (Fsp3) is 0.333. The summed E-state index contributed by atoms with van der Waals surface area (Å²) in [7, 11) is 0. The fourth-order valence-electron chi connectivity index (χ4n) is 1.96. The van der Waals surface area contributed by atoms with Gasteiger partial charge in [-0.3, -0.25) is 4.79 Å². The number of nitrogens with zero attached hydrogens (tertiary/aromatic N) is 1. The molecule has 6 heteroatoms. The van der Waals surface area contributed by atoms with Gasteiger partial charge in [0.1, 0.15) is 18.1 Å². The zero-order valence-corrected chi connectivity index (χ0v) is 12.9. The van der Waals surface area contributed by atoms with Crippen LogP contribution in [0, 0.1) is 5.41 Å². The van der Waals surface area contributed by atoms with Gasteiger partial charge in [0.15, 0.2) is 5.13 Å². The summed E-state index contributed by atoms with van der Waals surface area (Å²) in [5.41, 5.74) is 6.92. The van der Waals surface area contributed by atoms with Crippen LogP contribution >= 0.6 is 11.3 Å². The molecule has 2 N–H and O–H groups in total. The van der Waals surface area contributed by atoms with E-state index in [9.17, 15) is 4.79 Å². The van der Waals surface area contributed by atoms with E-state index in [0.29, 0.717) is 23.2 Å². The molecule has 2 aromatic rings. The highest BCUT2D eigenvalue weighted by Crippen LogP contribution is 2.42. The van der Waals surface area contributed by atoms with E-state index in [1.165, 1.54) is 11.3 Å². The number of hydrogen-bond donors (Lipinski definition) is 1. The molecule has 0 atom stereocenters. The minimum absolute atomic E-state index is 0.281. The third kappa shape index (κ3) is 2.58. The van der Waals surface area contributed by atoms with Crippen LogP contribution in [-0.2, 0) is 11.4 Å². The van der Waals surface area contributed by atoms with Crippen LogP contribution in [0.4, 0.5) is 5.13 Å². The van der Waals surface area contributed by atoms with Crippen molar-refractivity contribution in [1.29, 1.82) is 0 Å². The standard InChI is InChI=1S/C15H16N2O3S/c1-15(2,3)13(18)20-8-4-5-9-10(6-8)19-7-11-12(9)17-14(16)21-11/h4-6H,7H2,1-3H3,(H2,16,17). The molecule has 0 unspecified atom stereocenters. The van der Waals surface area contributed by atoms with Gasteiger partial charge in [-0.1, -0.05) is 11.3 Å². The molecule has 0 fully saturated rings. The monoisotopic (exact) mass is 304 g/mol. The zero-order chi connectivity index (χ0) is 15.2. The summed E-state index contributed by atoms with van der Waals surface area (Å²) in [5.74, 6) is 0.851. The van der Waals surface area contributed by atoms with Gasteiger partial charge in [-0.25, -0.2) is 4.98 Å². The second-order valence-electron chi connectivity index (χ2n) is 5.91. The molecule has 5 nitrogen and oxygen atoms in total. The van der Waals surface area contributed by atoms with E-state index in [4.69, 9.17) is 15.2 Å². The lowest BCUT2D eigenvalue weighted by Crippen LogP contribution is -2.25. The lowest BCUT2D eigenvalue weighted by molar-refractivity contribution is -0.143. The molecule has 2 heterocycles. The summed E-state index contributed by atoms with van der Waals surface area (Å²) in [6.45, 7) is 5.88. The number of hydrogen-bond acceptors (Lipinski definition) is 6. The average Bonchev–Trinajstić information content (AvgIpc) is 2.78. The van der Waals surface area contributed by atoms with Crippen molar-refractivity contribution in [2.24, 2.45) is 5.41 Å². The molecule has 0 spiro atoms. The third-order valence-electron chi connectivity index (χ3n) is 3.10. The van der Waals surface area contributed by atoms with Gasteiger partial charge in [0.25, 0.3) is 0 Å². The molecule has 110 valence electrons. The summed E-state index contributed by atoms with van der Waals surface area (Å²) < 4.78 is 11.1. The predicted octanol–water partition coefficient (Wildman–Crippen LogP) is 3.24. The zero-order valence-electron chi connectivity index (χ0n) is 12.1. The van der Waals surface area contributed by atoms with E-state index < -0.39 is 5.41 Å².